The van der Waals surface area contributed by atoms with Gasteiger partial charge in [-0.05, 0) is 73.7 Å². The van der Waals surface area contributed by atoms with Crippen LogP contribution < -0.4 is 19.1 Å². The van der Waals surface area contributed by atoms with Gasteiger partial charge in [0, 0.05) is 5.56 Å². The van der Waals surface area contributed by atoms with Crippen LogP contribution in [0.15, 0.2) is 60.2 Å². The lowest BCUT2D eigenvalue weighted by molar-refractivity contribution is -0.132. The van der Waals surface area contributed by atoms with E-state index in [1.54, 1.807) is 43.5 Å². The fourth-order valence-corrected chi connectivity index (χ4v) is 6.71. The number of benzene rings is 3. The zero-order valence-corrected chi connectivity index (χ0v) is 27.3. The van der Waals surface area contributed by atoms with Crippen molar-refractivity contribution in [3.63, 3.8) is 0 Å². The molecule has 1 fully saturated rings. The van der Waals surface area contributed by atoms with Crippen LogP contribution in [0, 0.1) is 13.8 Å². The van der Waals surface area contributed by atoms with Gasteiger partial charge in [0.15, 0.2) is 16.6 Å². The lowest BCUT2D eigenvalue weighted by Gasteiger charge is -2.24. The van der Waals surface area contributed by atoms with Crippen molar-refractivity contribution in [2.45, 2.75) is 65.8 Å². The molecule has 1 amide bonds. The summed E-state index contributed by atoms with van der Waals surface area (Å²) in [6.07, 6.45) is 4.93. The SMILES string of the molecule is CCCCCOc1ccc(C2C(=C(O)c3cccc(OCCCC)c3)C(=O)C(=O)N2c2nc3c(C)cc(C)cc3s2)cc1OC. The number of rotatable bonds is 13. The average molecular weight is 629 g/mol. The molecule has 1 aromatic heterocycles. The smallest absolute Gasteiger partial charge is 0.301 e. The lowest BCUT2D eigenvalue weighted by atomic mass is 9.95. The first-order valence-corrected chi connectivity index (χ1v) is 16.3. The summed E-state index contributed by atoms with van der Waals surface area (Å²) in [5.74, 6) is -0.227. The van der Waals surface area contributed by atoms with E-state index in [-0.39, 0.29) is 11.3 Å². The van der Waals surface area contributed by atoms with Gasteiger partial charge in [0.05, 0.1) is 42.2 Å². The predicted molar refractivity (Wildman–Crippen MR) is 179 cm³/mol. The van der Waals surface area contributed by atoms with Crippen LogP contribution in [0.4, 0.5) is 5.13 Å². The highest BCUT2D eigenvalue weighted by molar-refractivity contribution is 7.22. The van der Waals surface area contributed by atoms with Crippen molar-refractivity contribution in [1.29, 1.82) is 0 Å². The summed E-state index contributed by atoms with van der Waals surface area (Å²) in [5, 5.41) is 12.1. The number of methoxy groups -OCH3 is 1. The highest BCUT2D eigenvalue weighted by Crippen LogP contribution is 2.46. The van der Waals surface area contributed by atoms with Gasteiger partial charge in [-0.15, -0.1) is 0 Å². The molecule has 1 N–H and O–H groups in total. The molecule has 1 aliphatic rings. The number of ketones is 1. The number of Topliss-reactive ketones (excluding diaryl/α,β-unsaturated/α-hetero) is 1. The topological polar surface area (TPSA) is 98.2 Å². The second-order valence-corrected chi connectivity index (χ2v) is 12.3. The molecular formula is C36H40N2O6S. The fraction of sp³-hybridized carbons (Fsp3) is 0.361. The zero-order chi connectivity index (χ0) is 32.1. The van der Waals surface area contributed by atoms with Crippen molar-refractivity contribution in [2.24, 2.45) is 0 Å². The number of hydrogen-bond acceptors (Lipinski definition) is 8. The Morgan fingerprint density at radius 2 is 1.71 bits per heavy atom. The Balaban J connectivity index is 1.64. The average Bonchev–Trinajstić information content (AvgIpc) is 3.57. The Kier molecular flexibility index (Phi) is 10.1. The van der Waals surface area contributed by atoms with E-state index < -0.39 is 17.7 Å². The van der Waals surface area contributed by atoms with E-state index in [0.29, 0.717) is 46.7 Å². The molecule has 1 unspecified atom stereocenters. The van der Waals surface area contributed by atoms with Gasteiger partial charge >= 0.3 is 5.91 Å². The van der Waals surface area contributed by atoms with E-state index in [2.05, 4.69) is 13.8 Å². The van der Waals surface area contributed by atoms with Crippen LogP contribution >= 0.6 is 11.3 Å². The minimum Gasteiger partial charge on any atom is -0.507 e. The number of aromatic nitrogens is 1. The number of ether oxygens (including phenoxy) is 3. The molecule has 0 aliphatic carbocycles. The Labute approximate surface area is 268 Å². The third-order valence-electron chi connectivity index (χ3n) is 7.85. The first kappa shape index (κ1) is 32.0. The van der Waals surface area contributed by atoms with Crippen LogP contribution in [-0.4, -0.2) is 42.1 Å². The van der Waals surface area contributed by atoms with Crippen molar-refractivity contribution >= 4 is 44.1 Å². The molecule has 0 bridgehead atoms. The highest BCUT2D eigenvalue weighted by atomic mass is 32.1. The maximum Gasteiger partial charge on any atom is 0.301 e. The number of anilines is 1. The molecule has 9 heteroatoms. The molecular weight excluding hydrogens is 588 g/mol. The van der Waals surface area contributed by atoms with E-state index in [4.69, 9.17) is 19.2 Å². The number of aryl methyl sites for hydroxylation is 2. The molecule has 5 rings (SSSR count). The van der Waals surface area contributed by atoms with E-state index in [9.17, 15) is 14.7 Å². The van der Waals surface area contributed by atoms with E-state index in [1.165, 1.54) is 16.2 Å². The maximum atomic E-state index is 13.8. The summed E-state index contributed by atoms with van der Waals surface area (Å²) in [6.45, 7) is 9.28. The molecule has 1 saturated heterocycles. The Hall–Kier alpha value is -4.37. The van der Waals surface area contributed by atoms with Gasteiger partial charge < -0.3 is 19.3 Å². The zero-order valence-electron chi connectivity index (χ0n) is 26.5. The molecule has 45 heavy (non-hydrogen) atoms. The number of thiazole rings is 1. The molecule has 8 nitrogen and oxygen atoms in total. The summed E-state index contributed by atoms with van der Waals surface area (Å²) < 4.78 is 18.5. The van der Waals surface area contributed by atoms with Crippen molar-refractivity contribution < 1.29 is 28.9 Å². The first-order valence-electron chi connectivity index (χ1n) is 15.5. The van der Waals surface area contributed by atoms with Crippen molar-refractivity contribution in [3.05, 3.63) is 82.4 Å². The number of hydrogen-bond donors (Lipinski definition) is 1. The molecule has 1 aliphatic heterocycles. The van der Waals surface area contributed by atoms with Gasteiger partial charge in [0.2, 0.25) is 0 Å². The number of fused-ring (bicyclic) bond motifs is 1. The van der Waals surface area contributed by atoms with Gasteiger partial charge in [0.1, 0.15) is 11.5 Å². The molecule has 0 spiro atoms. The normalized spacial score (nSPS) is 16.0. The summed E-state index contributed by atoms with van der Waals surface area (Å²) in [5.41, 5.74) is 3.76. The molecule has 236 valence electrons. The van der Waals surface area contributed by atoms with Crippen LogP contribution in [0.25, 0.3) is 16.0 Å². The van der Waals surface area contributed by atoms with Crippen molar-refractivity contribution in [3.8, 4) is 17.2 Å². The Morgan fingerprint density at radius 1 is 0.933 bits per heavy atom. The number of aliphatic hydroxyl groups is 1. The summed E-state index contributed by atoms with van der Waals surface area (Å²) in [7, 11) is 1.55. The van der Waals surface area contributed by atoms with E-state index in [0.717, 1.165) is 53.4 Å². The number of carbonyl (C=O) groups is 2. The van der Waals surface area contributed by atoms with E-state index in [1.807, 2.05) is 32.0 Å². The van der Waals surface area contributed by atoms with Crippen LogP contribution in [-0.2, 0) is 9.59 Å². The number of amides is 1. The third kappa shape index (κ3) is 6.68. The monoisotopic (exact) mass is 628 g/mol. The molecule has 0 saturated carbocycles. The van der Waals surface area contributed by atoms with Crippen LogP contribution in [0.5, 0.6) is 17.2 Å². The second-order valence-electron chi connectivity index (χ2n) is 11.3. The summed E-state index contributed by atoms with van der Waals surface area (Å²) in [4.78, 5) is 33.9. The number of aliphatic hydroxyl groups excluding tert-OH is 1. The number of unbranched alkanes of at least 4 members (excludes halogenated alkanes) is 3. The minimum absolute atomic E-state index is 0.0310. The van der Waals surface area contributed by atoms with Crippen molar-refractivity contribution in [2.75, 3.05) is 25.2 Å². The molecule has 4 aromatic rings. The molecule has 0 radical (unpaired) electrons. The predicted octanol–water partition coefficient (Wildman–Crippen LogP) is 8.30. The molecule has 1 atom stereocenters. The Morgan fingerprint density at radius 3 is 2.47 bits per heavy atom. The standard InChI is InChI=1S/C36H40N2O6S/c1-6-8-10-17-44-27-15-14-24(21-28(27)42-5)32-30(33(39)25-12-11-13-26(20-25)43-16-9-7-2)34(40)35(41)38(32)36-37-31-23(4)18-22(3)19-29(31)45-36/h11-15,18-21,32,39H,6-10,16-17H2,1-5H3. The van der Waals surface area contributed by atoms with Gasteiger partial charge in [0.25, 0.3) is 5.78 Å². The number of nitrogens with zero attached hydrogens (tertiary/aromatic N) is 2. The minimum atomic E-state index is -0.959. The summed E-state index contributed by atoms with van der Waals surface area (Å²) >= 11 is 1.34. The lowest BCUT2D eigenvalue weighted by Crippen LogP contribution is -2.29. The molecule has 2 heterocycles. The number of carbonyl (C=O) groups excluding carboxylic acids is 2. The van der Waals surface area contributed by atoms with E-state index >= 15 is 0 Å². The Bertz CT molecular complexity index is 1740. The van der Waals surface area contributed by atoms with Gasteiger partial charge in [-0.3, -0.25) is 14.5 Å². The van der Waals surface area contributed by atoms with Gasteiger partial charge in [-0.2, -0.15) is 0 Å². The van der Waals surface area contributed by atoms with Gasteiger partial charge in [-0.1, -0.05) is 68.7 Å². The fourth-order valence-electron chi connectivity index (χ4n) is 5.54. The highest BCUT2D eigenvalue weighted by Gasteiger charge is 2.48. The van der Waals surface area contributed by atoms with Gasteiger partial charge in [-0.25, -0.2) is 4.98 Å². The van der Waals surface area contributed by atoms with Crippen LogP contribution in [0.1, 0.15) is 74.2 Å². The van der Waals surface area contributed by atoms with Crippen molar-refractivity contribution in [1.82, 2.24) is 4.98 Å². The van der Waals surface area contributed by atoms with Crippen LogP contribution in [0.3, 0.4) is 0 Å². The molecule has 3 aromatic carbocycles. The largest absolute Gasteiger partial charge is 0.507 e. The first-order chi connectivity index (χ1) is 21.8. The second kappa shape index (κ2) is 14.2. The summed E-state index contributed by atoms with van der Waals surface area (Å²) in [6, 6.07) is 15.4. The third-order valence-corrected chi connectivity index (χ3v) is 8.85. The van der Waals surface area contributed by atoms with Crippen LogP contribution in [0.2, 0.25) is 0 Å². The quantitative estimate of drug-likeness (QED) is 0.0688. The maximum absolute atomic E-state index is 13.8.